The summed E-state index contributed by atoms with van der Waals surface area (Å²) in [5.41, 5.74) is 1.89. The number of carbonyl (C=O) groups is 2. The van der Waals surface area contributed by atoms with Gasteiger partial charge in [0, 0.05) is 0 Å². The molecule has 0 spiro atoms. The van der Waals surface area contributed by atoms with Crippen LogP contribution >= 0.6 is 0 Å². The van der Waals surface area contributed by atoms with Gasteiger partial charge in [0.05, 0.1) is 12.1 Å². The Balaban J connectivity index is 1.72. The Morgan fingerprint density at radius 1 is 1.12 bits per heavy atom. The van der Waals surface area contributed by atoms with Gasteiger partial charge >= 0.3 is 12.1 Å². The molecule has 126 valence electrons. The number of hydrogen-bond acceptors (Lipinski definition) is 4. The monoisotopic (exact) mass is 329 g/mol. The van der Waals surface area contributed by atoms with Crippen LogP contribution in [-0.2, 0) is 11.3 Å². The summed E-state index contributed by atoms with van der Waals surface area (Å²) in [6.07, 6.45) is -0.529. The van der Waals surface area contributed by atoms with Crippen LogP contribution in [0.4, 0.5) is 4.79 Å². The SMILES string of the molecule is Cc1ccc(C(=O)O)cc1OCCNC(=O)OCc1ccccc1. The predicted octanol–water partition coefficient (Wildman–Crippen LogP) is 3.00. The second-order valence-electron chi connectivity index (χ2n) is 5.12. The average Bonchev–Trinajstić information content (AvgIpc) is 2.59. The van der Waals surface area contributed by atoms with Crippen LogP contribution in [0.25, 0.3) is 0 Å². The summed E-state index contributed by atoms with van der Waals surface area (Å²) in [5, 5.41) is 11.5. The number of aromatic carboxylic acids is 1. The highest BCUT2D eigenvalue weighted by molar-refractivity contribution is 5.88. The van der Waals surface area contributed by atoms with E-state index in [4.69, 9.17) is 14.6 Å². The Hall–Kier alpha value is -3.02. The third-order valence-electron chi connectivity index (χ3n) is 3.28. The molecule has 0 saturated carbocycles. The van der Waals surface area contributed by atoms with Crippen molar-refractivity contribution in [2.24, 2.45) is 0 Å². The van der Waals surface area contributed by atoms with Crippen LogP contribution < -0.4 is 10.1 Å². The molecule has 0 bridgehead atoms. The second kappa shape index (κ2) is 8.57. The van der Waals surface area contributed by atoms with E-state index in [-0.39, 0.29) is 25.3 Å². The van der Waals surface area contributed by atoms with Crippen LogP contribution in [0.2, 0.25) is 0 Å². The first-order valence-electron chi connectivity index (χ1n) is 7.47. The van der Waals surface area contributed by atoms with Gasteiger partial charge in [-0.1, -0.05) is 36.4 Å². The van der Waals surface area contributed by atoms with E-state index in [0.717, 1.165) is 11.1 Å². The molecule has 0 radical (unpaired) electrons. The van der Waals surface area contributed by atoms with E-state index in [1.807, 2.05) is 37.3 Å². The lowest BCUT2D eigenvalue weighted by atomic mass is 10.1. The number of rotatable bonds is 7. The Labute approximate surface area is 140 Å². The zero-order chi connectivity index (χ0) is 17.4. The number of carboxylic acid groups (broad SMARTS) is 1. The molecule has 0 fully saturated rings. The van der Waals surface area contributed by atoms with Gasteiger partial charge in [-0.25, -0.2) is 9.59 Å². The van der Waals surface area contributed by atoms with Crippen LogP contribution in [0.15, 0.2) is 48.5 Å². The summed E-state index contributed by atoms with van der Waals surface area (Å²) < 4.78 is 10.6. The number of hydrogen-bond donors (Lipinski definition) is 2. The maximum absolute atomic E-state index is 11.6. The zero-order valence-electron chi connectivity index (χ0n) is 13.3. The number of carbonyl (C=O) groups excluding carboxylic acids is 1. The predicted molar refractivity (Wildman–Crippen MR) is 88.3 cm³/mol. The van der Waals surface area contributed by atoms with E-state index in [9.17, 15) is 9.59 Å². The normalized spacial score (nSPS) is 10.0. The van der Waals surface area contributed by atoms with E-state index in [0.29, 0.717) is 5.75 Å². The van der Waals surface area contributed by atoms with Crippen molar-refractivity contribution in [3.8, 4) is 5.75 Å². The Kier molecular flexibility index (Phi) is 6.19. The van der Waals surface area contributed by atoms with Crippen molar-refractivity contribution in [1.29, 1.82) is 0 Å². The molecule has 2 N–H and O–H groups in total. The highest BCUT2D eigenvalue weighted by atomic mass is 16.5. The molecular formula is C18H19NO5. The number of nitrogens with one attached hydrogen (secondary N) is 1. The first-order chi connectivity index (χ1) is 11.6. The van der Waals surface area contributed by atoms with Gasteiger partial charge in [0.15, 0.2) is 0 Å². The van der Waals surface area contributed by atoms with Crippen molar-refractivity contribution < 1.29 is 24.2 Å². The molecule has 0 unspecified atom stereocenters. The van der Waals surface area contributed by atoms with Crippen LogP contribution in [0.3, 0.4) is 0 Å². The van der Waals surface area contributed by atoms with Gasteiger partial charge in [0.1, 0.15) is 19.0 Å². The van der Waals surface area contributed by atoms with E-state index in [1.165, 1.54) is 12.1 Å². The molecule has 2 aromatic carbocycles. The number of aryl methyl sites for hydroxylation is 1. The first-order valence-corrected chi connectivity index (χ1v) is 7.47. The molecule has 2 rings (SSSR count). The molecule has 2 aromatic rings. The number of amides is 1. The largest absolute Gasteiger partial charge is 0.491 e. The van der Waals surface area contributed by atoms with Gasteiger partial charge in [-0.3, -0.25) is 0 Å². The fourth-order valence-corrected chi connectivity index (χ4v) is 1.98. The smallest absolute Gasteiger partial charge is 0.407 e. The molecule has 0 saturated heterocycles. The van der Waals surface area contributed by atoms with E-state index in [2.05, 4.69) is 5.32 Å². The minimum atomic E-state index is -1.01. The lowest BCUT2D eigenvalue weighted by molar-refractivity contribution is 0.0696. The van der Waals surface area contributed by atoms with E-state index in [1.54, 1.807) is 6.07 Å². The van der Waals surface area contributed by atoms with Gasteiger partial charge in [0.2, 0.25) is 0 Å². The Bertz CT molecular complexity index is 700. The van der Waals surface area contributed by atoms with Crippen LogP contribution in [0.1, 0.15) is 21.5 Å². The number of carboxylic acids is 1. The minimum Gasteiger partial charge on any atom is -0.491 e. The molecule has 0 aliphatic carbocycles. The maximum Gasteiger partial charge on any atom is 0.407 e. The zero-order valence-corrected chi connectivity index (χ0v) is 13.3. The van der Waals surface area contributed by atoms with Gasteiger partial charge in [-0.2, -0.15) is 0 Å². The second-order valence-corrected chi connectivity index (χ2v) is 5.12. The van der Waals surface area contributed by atoms with Crippen molar-refractivity contribution in [3.63, 3.8) is 0 Å². The summed E-state index contributed by atoms with van der Waals surface area (Å²) in [7, 11) is 0. The molecule has 6 nitrogen and oxygen atoms in total. The average molecular weight is 329 g/mol. The van der Waals surface area contributed by atoms with Gasteiger partial charge in [-0.15, -0.1) is 0 Å². The van der Waals surface area contributed by atoms with Crippen LogP contribution in [-0.4, -0.2) is 30.3 Å². The van der Waals surface area contributed by atoms with Gasteiger partial charge in [0.25, 0.3) is 0 Å². The molecule has 0 heterocycles. The highest BCUT2D eigenvalue weighted by Gasteiger charge is 2.07. The summed E-state index contributed by atoms with van der Waals surface area (Å²) in [4.78, 5) is 22.5. The van der Waals surface area contributed by atoms with Crippen molar-refractivity contribution >= 4 is 12.1 Å². The van der Waals surface area contributed by atoms with E-state index < -0.39 is 12.1 Å². The standard InChI is InChI=1S/C18H19NO5/c1-13-7-8-15(17(20)21)11-16(13)23-10-9-19-18(22)24-12-14-5-3-2-4-6-14/h2-8,11H,9-10,12H2,1H3,(H,19,22)(H,20,21). The molecular weight excluding hydrogens is 310 g/mol. The Morgan fingerprint density at radius 2 is 1.88 bits per heavy atom. The summed E-state index contributed by atoms with van der Waals surface area (Å²) >= 11 is 0. The quantitative estimate of drug-likeness (QED) is 0.763. The summed E-state index contributed by atoms with van der Waals surface area (Å²) in [5.74, 6) is -0.531. The van der Waals surface area contributed by atoms with Crippen LogP contribution in [0, 0.1) is 6.92 Å². The minimum absolute atomic E-state index is 0.158. The van der Waals surface area contributed by atoms with Crippen molar-refractivity contribution in [3.05, 3.63) is 65.2 Å². The molecule has 24 heavy (non-hydrogen) atoms. The highest BCUT2D eigenvalue weighted by Crippen LogP contribution is 2.19. The number of ether oxygens (including phenoxy) is 2. The maximum atomic E-state index is 11.6. The van der Waals surface area contributed by atoms with Crippen molar-refractivity contribution in [2.75, 3.05) is 13.2 Å². The molecule has 6 heteroatoms. The van der Waals surface area contributed by atoms with E-state index >= 15 is 0 Å². The lowest BCUT2D eigenvalue weighted by Crippen LogP contribution is -2.28. The van der Waals surface area contributed by atoms with Crippen molar-refractivity contribution in [1.82, 2.24) is 5.32 Å². The number of alkyl carbamates (subject to hydrolysis) is 1. The molecule has 0 aliphatic heterocycles. The number of benzene rings is 2. The topological polar surface area (TPSA) is 84.9 Å². The van der Waals surface area contributed by atoms with Gasteiger partial charge in [-0.05, 0) is 30.2 Å². The first kappa shape index (κ1) is 17.3. The fraction of sp³-hybridized carbons (Fsp3) is 0.222. The third kappa shape index (κ3) is 5.31. The summed E-state index contributed by atoms with van der Waals surface area (Å²) in [6, 6.07) is 14.0. The van der Waals surface area contributed by atoms with Crippen LogP contribution in [0.5, 0.6) is 5.75 Å². The fourth-order valence-electron chi connectivity index (χ4n) is 1.98. The van der Waals surface area contributed by atoms with Crippen molar-refractivity contribution in [2.45, 2.75) is 13.5 Å². The molecule has 1 amide bonds. The molecule has 0 aliphatic rings. The molecule has 0 aromatic heterocycles. The lowest BCUT2D eigenvalue weighted by Gasteiger charge is -2.11. The third-order valence-corrected chi connectivity index (χ3v) is 3.28. The van der Waals surface area contributed by atoms with Gasteiger partial charge < -0.3 is 19.9 Å². The molecule has 0 atom stereocenters. The Morgan fingerprint density at radius 3 is 2.58 bits per heavy atom. The summed E-state index contributed by atoms with van der Waals surface area (Å²) in [6.45, 7) is 2.49.